The molecule has 4 aliphatic rings. The zero-order valence-electron chi connectivity index (χ0n) is 15.1. The van der Waals surface area contributed by atoms with Crippen LogP contribution in [0, 0.1) is 34.5 Å². The lowest BCUT2D eigenvalue weighted by Gasteiger charge is -2.57. The van der Waals surface area contributed by atoms with Gasteiger partial charge in [0.1, 0.15) is 5.78 Å². The summed E-state index contributed by atoms with van der Waals surface area (Å²) in [4.78, 5) is 36.8. The molecule has 0 aliphatic heterocycles. The minimum atomic E-state index is -0.424. The summed E-state index contributed by atoms with van der Waals surface area (Å²) in [6.07, 6.45) is 8.04. The van der Waals surface area contributed by atoms with Crippen molar-refractivity contribution >= 4 is 17.3 Å². The van der Waals surface area contributed by atoms with Gasteiger partial charge in [0.2, 0.25) is 0 Å². The highest BCUT2D eigenvalue weighted by atomic mass is 16.2. The van der Waals surface area contributed by atoms with Crippen LogP contribution < -0.4 is 0 Å². The van der Waals surface area contributed by atoms with E-state index < -0.39 is 5.41 Å². The van der Waals surface area contributed by atoms with Gasteiger partial charge in [-0.05, 0) is 81.6 Å². The highest BCUT2D eigenvalue weighted by Gasteiger charge is 2.61. The van der Waals surface area contributed by atoms with E-state index in [9.17, 15) is 14.4 Å². The molecule has 0 bridgehead atoms. The molecule has 0 spiro atoms. The predicted octanol–water partition coefficient (Wildman–Crippen LogP) is 3.90. The van der Waals surface area contributed by atoms with E-state index in [1.54, 1.807) is 13.0 Å². The van der Waals surface area contributed by atoms with Crippen molar-refractivity contribution in [3.63, 3.8) is 0 Å². The van der Waals surface area contributed by atoms with Crippen molar-refractivity contribution in [3.8, 4) is 0 Å². The third kappa shape index (κ3) is 1.93. The van der Waals surface area contributed by atoms with Gasteiger partial charge >= 0.3 is 0 Å². The number of rotatable bonds is 1. The first-order valence-electron chi connectivity index (χ1n) is 9.56. The van der Waals surface area contributed by atoms with Crippen LogP contribution in [0.15, 0.2) is 11.6 Å². The summed E-state index contributed by atoms with van der Waals surface area (Å²) in [6, 6.07) is 0. The van der Waals surface area contributed by atoms with Gasteiger partial charge in [0.25, 0.3) is 0 Å². The van der Waals surface area contributed by atoms with Crippen LogP contribution in [-0.2, 0) is 14.4 Å². The van der Waals surface area contributed by atoms with Crippen LogP contribution in [0.4, 0.5) is 0 Å². The fourth-order valence-corrected chi connectivity index (χ4v) is 7.09. The zero-order chi connectivity index (χ0) is 17.3. The van der Waals surface area contributed by atoms with Gasteiger partial charge in [-0.1, -0.05) is 12.5 Å². The standard InChI is InChI=1S/C21H28O3/c1-12(22)16-6-7-17-15-5-4-13-10-14(23)11-19(24)21(13,3)18(15)8-9-20(16,17)2/h10,15-18H,4-9,11H2,1-3H3/t15-,16-,17+,18-,20-,21-/m1/s1. The third-order valence-corrected chi connectivity index (χ3v) is 8.33. The Labute approximate surface area is 144 Å². The van der Waals surface area contributed by atoms with Crippen LogP contribution in [0.5, 0.6) is 0 Å². The molecule has 4 aliphatic carbocycles. The molecule has 0 radical (unpaired) electrons. The Morgan fingerprint density at radius 2 is 1.83 bits per heavy atom. The van der Waals surface area contributed by atoms with Gasteiger partial charge < -0.3 is 0 Å². The SMILES string of the molecule is CC(=O)[C@H]1CC[C@H]2[C@H]3CCC4=CC(=O)CC(=O)[C@@]4(C)[C@@H]3CC[C@]12C. The minimum absolute atomic E-state index is 0.0101. The number of hydrogen-bond donors (Lipinski definition) is 0. The van der Waals surface area contributed by atoms with E-state index in [4.69, 9.17) is 0 Å². The van der Waals surface area contributed by atoms with Crippen molar-refractivity contribution in [2.75, 3.05) is 0 Å². The molecule has 24 heavy (non-hydrogen) atoms. The van der Waals surface area contributed by atoms with Crippen LogP contribution in [0.2, 0.25) is 0 Å². The summed E-state index contributed by atoms with van der Waals surface area (Å²) >= 11 is 0. The molecule has 0 aromatic heterocycles. The second-order valence-electron chi connectivity index (χ2n) is 9.14. The topological polar surface area (TPSA) is 51.2 Å². The summed E-state index contributed by atoms with van der Waals surface area (Å²) in [5.41, 5.74) is 0.791. The molecule has 3 nitrogen and oxygen atoms in total. The van der Waals surface area contributed by atoms with Gasteiger partial charge in [-0.15, -0.1) is 0 Å². The average molecular weight is 328 g/mol. The van der Waals surface area contributed by atoms with Gasteiger partial charge in [-0.2, -0.15) is 0 Å². The molecule has 0 unspecified atom stereocenters. The largest absolute Gasteiger partial charge is 0.300 e. The second kappa shape index (κ2) is 5.12. The quantitative estimate of drug-likeness (QED) is 0.686. The van der Waals surface area contributed by atoms with E-state index in [0.717, 1.165) is 44.1 Å². The number of allylic oxidation sites excluding steroid dienone is 1. The second-order valence-corrected chi connectivity index (χ2v) is 9.14. The van der Waals surface area contributed by atoms with Crippen LogP contribution in [0.3, 0.4) is 0 Å². The Morgan fingerprint density at radius 3 is 2.54 bits per heavy atom. The maximum atomic E-state index is 12.8. The number of fused-ring (bicyclic) bond motifs is 5. The van der Waals surface area contributed by atoms with Crippen LogP contribution >= 0.6 is 0 Å². The summed E-state index contributed by atoms with van der Waals surface area (Å²) < 4.78 is 0. The van der Waals surface area contributed by atoms with E-state index in [2.05, 4.69) is 13.8 Å². The lowest BCUT2D eigenvalue weighted by molar-refractivity contribution is -0.142. The Morgan fingerprint density at radius 1 is 1.08 bits per heavy atom. The molecule has 4 rings (SSSR count). The maximum Gasteiger partial charge on any atom is 0.163 e. The number of carbonyl (C=O) groups is 3. The number of Topliss-reactive ketones (excluding diaryl/α,β-unsaturated/α-hetero) is 2. The highest BCUT2D eigenvalue weighted by Crippen LogP contribution is 2.66. The van der Waals surface area contributed by atoms with Crippen LogP contribution in [0.25, 0.3) is 0 Å². The van der Waals surface area contributed by atoms with Crippen molar-refractivity contribution < 1.29 is 14.4 Å². The van der Waals surface area contributed by atoms with Crippen molar-refractivity contribution in [1.82, 2.24) is 0 Å². The Bertz CT molecular complexity index is 660. The fraction of sp³-hybridized carbons (Fsp3) is 0.762. The molecular weight excluding hydrogens is 300 g/mol. The van der Waals surface area contributed by atoms with Gasteiger partial charge in [0.05, 0.1) is 11.8 Å². The lowest BCUT2D eigenvalue weighted by Crippen LogP contribution is -2.54. The van der Waals surface area contributed by atoms with Crippen molar-refractivity contribution in [3.05, 3.63) is 11.6 Å². The fourth-order valence-electron chi connectivity index (χ4n) is 7.09. The average Bonchev–Trinajstić information content (AvgIpc) is 2.86. The molecule has 0 heterocycles. The van der Waals surface area contributed by atoms with Crippen molar-refractivity contribution in [1.29, 1.82) is 0 Å². The van der Waals surface area contributed by atoms with E-state index >= 15 is 0 Å². The number of hydrogen-bond acceptors (Lipinski definition) is 3. The first-order chi connectivity index (χ1) is 11.3. The number of carbonyl (C=O) groups excluding carboxylic acids is 3. The molecule has 6 atom stereocenters. The first kappa shape index (κ1) is 16.2. The molecule has 3 heteroatoms. The summed E-state index contributed by atoms with van der Waals surface area (Å²) in [5.74, 6) is 2.15. The van der Waals surface area contributed by atoms with E-state index in [1.165, 1.54) is 0 Å². The minimum Gasteiger partial charge on any atom is -0.300 e. The first-order valence-corrected chi connectivity index (χ1v) is 9.56. The predicted molar refractivity (Wildman–Crippen MR) is 91.3 cm³/mol. The normalized spacial score (nSPS) is 47.5. The van der Waals surface area contributed by atoms with Crippen molar-refractivity contribution in [2.45, 2.75) is 65.7 Å². The molecule has 3 saturated carbocycles. The third-order valence-electron chi connectivity index (χ3n) is 8.33. The zero-order valence-corrected chi connectivity index (χ0v) is 15.1. The summed E-state index contributed by atoms with van der Waals surface area (Å²) in [6.45, 7) is 6.18. The summed E-state index contributed by atoms with van der Waals surface area (Å²) in [5, 5.41) is 0. The highest BCUT2D eigenvalue weighted by molar-refractivity contribution is 6.11. The van der Waals surface area contributed by atoms with E-state index in [0.29, 0.717) is 23.5 Å². The van der Waals surface area contributed by atoms with E-state index in [1.807, 2.05) is 0 Å². The molecule has 0 aromatic rings. The molecular formula is C21H28O3. The smallest absolute Gasteiger partial charge is 0.163 e. The molecule has 130 valence electrons. The summed E-state index contributed by atoms with van der Waals surface area (Å²) in [7, 11) is 0. The van der Waals surface area contributed by atoms with Gasteiger partial charge in [-0.3, -0.25) is 14.4 Å². The van der Waals surface area contributed by atoms with Gasteiger partial charge in [0, 0.05) is 5.92 Å². The number of ketones is 3. The Balaban J connectivity index is 1.71. The molecule has 0 N–H and O–H groups in total. The molecule has 0 aromatic carbocycles. The maximum absolute atomic E-state index is 12.8. The van der Waals surface area contributed by atoms with Crippen molar-refractivity contribution in [2.24, 2.45) is 34.5 Å². The molecule has 3 fully saturated rings. The van der Waals surface area contributed by atoms with Gasteiger partial charge in [0.15, 0.2) is 11.6 Å². The monoisotopic (exact) mass is 328 g/mol. The van der Waals surface area contributed by atoms with Gasteiger partial charge in [-0.25, -0.2) is 0 Å². The lowest BCUT2D eigenvalue weighted by atomic mass is 9.46. The van der Waals surface area contributed by atoms with Crippen LogP contribution in [-0.4, -0.2) is 17.3 Å². The van der Waals surface area contributed by atoms with E-state index in [-0.39, 0.29) is 29.3 Å². The Kier molecular flexibility index (Phi) is 3.47. The molecule has 0 amide bonds. The molecule has 0 saturated heterocycles. The Hall–Kier alpha value is -1.25. The van der Waals surface area contributed by atoms with Crippen LogP contribution in [0.1, 0.15) is 65.7 Å².